The first-order chi connectivity index (χ1) is 12.6. The van der Waals surface area contributed by atoms with Gasteiger partial charge in [-0.2, -0.15) is 18.3 Å². The number of fused-ring (bicyclic) bond motifs is 1. The Morgan fingerprint density at radius 3 is 2.56 bits per heavy atom. The Morgan fingerprint density at radius 1 is 1.19 bits per heavy atom. The number of rotatable bonds is 4. The maximum absolute atomic E-state index is 13.1. The highest BCUT2D eigenvalue weighted by Gasteiger charge is 2.31. The molecule has 0 saturated carbocycles. The van der Waals surface area contributed by atoms with E-state index in [0.717, 1.165) is 18.2 Å². The summed E-state index contributed by atoms with van der Waals surface area (Å²) < 4.78 is 40.6. The Bertz CT molecular complexity index is 1060. The van der Waals surface area contributed by atoms with Crippen LogP contribution in [0.3, 0.4) is 0 Å². The van der Waals surface area contributed by atoms with Gasteiger partial charge in [0.25, 0.3) is 0 Å². The van der Waals surface area contributed by atoms with Gasteiger partial charge in [0.15, 0.2) is 0 Å². The van der Waals surface area contributed by atoms with Gasteiger partial charge < -0.3 is 5.11 Å². The van der Waals surface area contributed by atoms with Crippen molar-refractivity contribution in [2.24, 2.45) is 0 Å². The van der Waals surface area contributed by atoms with Gasteiger partial charge in [0.05, 0.1) is 23.3 Å². The Balaban J connectivity index is 2.15. The standard InChI is InChI=1S/C18H11Cl2F3N2O2/c19-12-3-1-10(14(20)8-12)9-25-16-7-11(18(21,22)23)2-4-13(16)15(24-25)5-6-17(26)27/h1-8H,9H2,(H,26,27)/b6-5+. The van der Waals surface area contributed by atoms with Gasteiger partial charge >= 0.3 is 12.1 Å². The van der Waals surface area contributed by atoms with Gasteiger partial charge in [-0.25, -0.2) is 4.79 Å². The molecule has 0 fully saturated rings. The highest BCUT2D eigenvalue weighted by molar-refractivity contribution is 6.35. The highest BCUT2D eigenvalue weighted by atomic mass is 35.5. The van der Waals surface area contributed by atoms with Crippen LogP contribution in [-0.4, -0.2) is 20.9 Å². The Kier molecular flexibility index (Phi) is 5.17. The van der Waals surface area contributed by atoms with Crippen LogP contribution in [0.4, 0.5) is 13.2 Å². The van der Waals surface area contributed by atoms with Gasteiger partial charge in [0.2, 0.25) is 0 Å². The van der Waals surface area contributed by atoms with Crippen molar-refractivity contribution in [2.45, 2.75) is 12.7 Å². The van der Waals surface area contributed by atoms with Crippen molar-refractivity contribution in [1.82, 2.24) is 9.78 Å². The van der Waals surface area contributed by atoms with Crippen LogP contribution >= 0.6 is 23.2 Å². The van der Waals surface area contributed by atoms with Gasteiger partial charge in [-0.1, -0.05) is 29.3 Å². The Morgan fingerprint density at radius 2 is 1.93 bits per heavy atom. The van der Waals surface area contributed by atoms with Crippen LogP contribution in [0, 0.1) is 0 Å². The first-order valence-electron chi connectivity index (χ1n) is 7.58. The molecule has 3 rings (SSSR count). The fourth-order valence-electron chi connectivity index (χ4n) is 2.58. The highest BCUT2D eigenvalue weighted by Crippen LogP contribution is 2.33. The number of carboxylic acid groups (broad SMARTS) is 1. The first kappa shape index (κ1) is 19.3. The summed E-state index contributed by atoms with van der Waals surface area (Å²) in [5.41, 5.74) is 0.232. The van der Waals surface area contributed by atoms with Crippen LogP contribution in [0.5, 0.6) is 0 Å². The largest absolute Gasteiger partial charge is 0.478 e. The molecular formula is C18H11Cl2F3N2O2. The quantitative estimate of drug-likeness (QED) is 0.572. The molecule has 0 unspecified atom stereocenters. The van der Waals surface area contributed by atoms with Crippen molar-refractivity contribution < 1.29 is 23.1 Å². The van der Waals surface area contributed by atoms with Crippen LogP contribution in [0.1, 0.15) is 16.8 Å². The average molecular weight is 415 g/mol. The van der Waals surface area contributed by atoms with Crippen molar-refractivity contribution in [3.63, 3.8) is 0 Å². The lowest BCUT2D eigenvalue weighted by molar-refractivity contribution is -0.137. The number of carbonyl (C=O) groups is 1. The first-order valence-corrected chi connectivity index (χ1v) is 8.33. The maximum Gasteiger partial charge on any atom is 0.416 e. The van der Waals surface area contributed by atoms with E-state index in [0.29, 0.717) is 21.0 Å². The van der Waals surface area contributed by atoms with E-state index in [1.807, 2.05) is 0 Å². The molecule has 1 heterocycles. The van der Waals surface area contributed by atoms with Gasteiger partial charge in [-0.3, -0.25) is 4.68 Å². The van der Waals surface area contributed by atoms with Crippen molar-refractivity contribution >= 4 is 46.2 Å². The van der Waals surface area contributed by atoms with Crippen LogP contribution < -0.4 is 0 Å². The van der Waals surface area contributed by atoms with E-state index in [-0.39, 0.29) is 17.8 Å². The molecule has 0 atom stereocenters. The molecule has 0 radical (unpaired) electrons. The molecule has 0 bridgehead atoms. The normalized spacial score (nSPS) is 12.2. The second-order valence-corrected chi connectivity index (χ2v) is 6.52. The van der Waals surface area contributed by atoms with E-state index in [2.05, 4.69) is 5.10 Å². The molecule has 4 nitrogen and oxygen atoms in total. The number of aliphatic carboxylic acids is 1. The summed E-state index contributed by atoms with van der Waals surface area (Å²) in [5, 5.41) is 14.2. The summed E-state index contributed by atoms with van der Waals surface area (Å²) in [7, 11) is 0. The second kappa shape index (κ2) is 7.25. The maximum atomic E-state index is 13.1. The van der Waals surface area contributed by atoms with Crippen molar-refractivity contribution in [2.75, 3.05) is 0 Å². The number of hydrogen-bond donors (Lipinski definition) is 1. The van der Waals surface area contributed by atoms with Crippen LogP contribution in [0.2, 0.25) is 10.0 Å². The minimum absolute atomic E-state index is 0.0920. The zero-order valence-corrected chi connectivity index (χ0v) is 15.0. The molecule has 1 N–H and O–H groups in total. The summed E-state index contributed by atoms with van der Waals surface area (Å²) in [6, 6.07) is 7.97. The fraction of sp³-hybridized carbons (Fsp3) is 0.111. The van der Waals surface area contributed by atoms with Crippen molar-refractivity contribution in [3.8, 4) is 0 Å². The summed E-state index contributed by atoms with van der Waals surface area (Å²) in [4.78, 5) is 10.8. The number of aromatic nitrogens is 2. The molecule has 3 aromatic rings. The van der Waals surface area contributed by atoms with Crippen molar-refractivity contribution in [3.05, 3.63) is 69.3 Å². The molecule has 0 amide bonds. The minimum atomic E-state index is -4.52. The molecule has 0 saturated heterocycles. The van der Waals surface area contributed by atoms with Gasteiger partial charge in [0, 0.05) is 21.5 Å². The lowest BCUT2D eigenvalue weighted by Gasteiger charge is -2.09. The number of halogens is 5. The molecular weight excluding hydrogens is 404 g/mol. The monoisotopic (exact) mass is 414 g/mol. The summed E-state index contributed by atoms with van der Waals surface area (Å²) >= 11 is 12.0. The lowest BCUT2D eigenvalue weighted by Crippen LogP contribution is -2.06. The average Bonchev–Trinajstić information content (AvgIpc) is 2.92. The third-order valence-electron chi connectivity index (χ3n) is 3.83. The molecule has 0 aliphatic heterocycles. The fourth-order valence-corrected chi connectivity index (χ4v) is 3.05. The zero-order valence-electron chi connectivity index (χ0n) is 13.5. The second-order valence-electron chi connectivity index (χ2n) is 5.68. The summed E-state index contributed by atoms with van der Waals surface area (Å²) in [5.74, 6) is -1.19. The predicted molar refractivity (Wildman–Crippen MR) is 97.0 cm³/mol. The molecule has 9 heteroatoms. The van der Waals surface area contributed by atoms with E-state index in [1.54, 1.807) is 12.1 Å². The molecule has 140 valence electrons. The van der Waals surface area contributed by atoms with E-state index < -0.39 is 17.7 Å². The Labute approximate surface area is 161 Å². The predicted octanol–water partition coefficient (Wildman–Crippen LogP) is 5.51. The van der Waals surface area contributed by atoms with Crippen LogP contribution in [-0.2, 0) is 17.5 Å². The molecule has 1 aromatic heterocycles. The number of benzene rings is 2. The Hall–Kier alpha value is -2.51. The number of carboxylic acids is 1. The number of hydrogen-bond acceptors (Lipinski definition) is 2. The minimum Gasteiger partial charge on any atom is -0.478 e. The molecule has 0 aliphatic carbocycles. The summed E-state index contributed by atoms with van der Waals surface area (Å²) in [6.45, 7) is 0.0920. The van der Waals surface area contributed by atoms with E-state index in [1.165, 1.54) is 22.9 Å². The molecule has 2 aromatic carbocycles. The molecule has 0 spiro atoms. The third kappa shape index (κ3) is 4.26. The van der Waals surface area contributed by atoms with Gasteiger partial charge in [0.1, 0.15) is 0 Å². The molecule has 0 aliphatic rings. The van der Waals surface area contributed by atoms with Gasteiger partial charge in [-0.15, -0.1) is 0 Å². The van der Waals surface area contributed by atoms with Crippen LogP contribution in [0.25, 0.3) is 17.0 Å². The van der Waals surface area contributed by atoms with E-state index in [4.69, 9.17) is 28.3 Å². The number of alkyl halides is 3. The summed E-state index contributed by atoms with van der Waals surface area (Å²) in [6.07, 6.45) is -2.41. The van der Waals surface area contributed by atoms with Crippen molar-refractivity contribution in [1.29, 1.82) is 0 Å². The molecule has 27 heavy (non-hydrogen) atoms. The topological polar surface area (TPSA) is 55.1 Å². The zero-order chi connectivity index (χ0) is 19.8. The number of nitrogens with zero attached hydrogens (tertiary/aromatic N) is 2. The lowest BCUT2D eigenvalue weighted by atomic mass is 10.1. The SMILES string of the molecule is O=C(O)/C=C/c1nn(Cc2ccc(Cl)cc2Cl)c2cc(C(F)(F)F)ccc12. The van der Waals surface area contributed by atoms with Crippen LogP contribution in [0.15, 0.2) is 42.5 Å². The smallest absolute Gasteiger partial charge is 0.416 e. The third-order valence-corrected chi connectivity index (χ3v) is 4.41. The van der Waals surface area contributed by atoms with E-state index in [9.17, 15) is 18.0 Å². The van der Waals surface area contributed by atoms with E-state index >= 15 is 0 Å². The van der Waals surface area contributed by atoms with Gasteiger partial charge in [-0.05, 0) is 42.0 Å².